The zero-order valence-corrected chi connectivity index (χ0v) is 10.7. The second-order valence-corrected chi connectivity index (χ2v) is 5.16. The van der Waals surface area contributed by atoms with Crippen LogP contribution in [0.4, 0.5) is 4.39 Å². The van der Waals surface area contributed by atoms with E-state index in [4.69, 9.17) is 26.2 Å². The highest BCUT2D eigenvalue weighted by atomic mass is 35.5. The van der Waals surface area contributed by atoms with Crippen molar-refractivity contribution >= 4 is 17.6 Å². The largest absolute Gasteiger partial charge is 0.481 e. The third-order valence-electron chi connectivity index (χ3n) is 2.85. The molecule has 0 atom stereocenters. The molecule has 2 rings (SSSR count). The summed E-state index contributed by atoms with van der Waals surface area (Å²) in [5.41, 5.74) is -0.979. The quantitative estimate of drug-likeness (QED) is 0.921. The summed E-state index contributed by atoms with van der Waals surface area (Å²) >= 11 is 5.75. The van der Waals surface area contributed by atoms with E-state index >= 15 is 0 Å². The summed E-state index contributed by atoms with van der Waals surface area (Å²) in [5.74, 6) is -1.09. The molecular weight excluding hydrogens is 263 g/mol. The fourth-order valence-corrected chi connectivity index (χ4v) is 1.94. The fourth-order valence-electron chi connectivity index (χ4n) is 1.73. The normalized spacial score (nSPS) is 13.8. The van der Waals surface area contributed by atoms with Crippen LogP contribution in [0, 0.1) is 11.2 Å². The zero-order chi connectivity index (χ0) is 13.5. The van der Waals surface area contributed by atoms with Crippen LogP contribution in [0.5, 0.6) is 11.5 Å². The van der Waals surface area contributed by atoms with Gasteiger partial charge in [0.1, 0.15) is 5.82 Å². The maximum absolute atomic E-state index is 14.0. The predicted octanol–water partition coefficient (Wildman–Crippen LogP) is 2.86. The van der Waals surface area contributed by atoms with E-state index in [1.807, 2.05) is 0 Å². The van der Waals surface area contributed by atoms with Crippen molar-refractivity contribution in [3.05, 3.63) is 22.5 Å². The molecule has 0 spiro atoms. The third-order valence-corrected chi connectivity index (χ3v) is 3.12. The molecule has 0 aliphatic carbocycles. The number of halogens is 2. The van der Waals surface area contributed by atoms with Crippen molar-refractivity contribution in [1.82, 2.24) is 0 Å². The molecule has 0 aromatic heterocycles. The molecule has 0 saturated heterocycles. The highest BCUT2D eigenvalue weighted by Crippen LogP contribution is 2.42. The first-order valence-corrected chi connectivity index (χ1v) is 5.70. The lowest BCUT2D eigenvalue weighted by atomic mass is 9.85. The summed E-state index contributed by atoms with van der Waals surface area (Å²) in [4.78, 5) is 11.1. The molecule has 1 heterocycles. The number of carbonyl (C=O) groups is 1. The second kappa shape index (κ2) is 4.31. The molecule has 18 heavy (non-hydrogen) atoms. The van der Waals surface area contributed by atoms with Crippen LogP contribution in [-0.4, -0.2) is 17.9 Å². The minimum atomic E-state index is -1.12. The van der Waals surface area contributed by atoms with Crippen LogP contribution < -0.4 is 9.47 Å². The average molecular weight is 275 g/mol. The van der Waals surface area contributed by atoms with Crippen molar-refractivity contribution in [3.63, 3.8) is 0 Å². The number of fused-ring (bicyclic) bond motifs is 1. The summed E-state index contributed by atoms with van der Waals surface area (Å²) in [7, 11) is 0. The summed E-state index contributed by atoms with van der Waals surface area (Å²) in [6.45, 7) is 3.01. The lowest BCUT2D eigenvalue weighted by Crippen LogP contribution is -2.26. The van der Waals surface area contributed by atoms with E-state index in [1.165, 1.54) is 19.9 Å². The maximum Gasteiger partial charge on any atom is 0.309 e. The number of benzene rings is 1. The van der Waals surface area contributed by atoms with Crippen LogP contribution >= 0.6 is 11.6 Å². The molecule has 0 bridgehead atoms. The molecular formula is C12H12ClFO4. The van der Waals surface area contributed by atoms with E-state index in [2.05, 4.69) is 0 Å². The summed E-state index contributed by atoms with van der Waals surface area (Å²) in [5, 5.41) is 8.98. The van der Waals surface area contributed by atoms with Gasteiger partial charge >= 0.3 is 5.97 Å². The zero-order valence-electron chi connectivity index (χ0n) is 9.92. The summed E-state index contributed by atoms with van der Waals surface area (Å²) < 4.78 is 24.3. The number of hydrogen-bond acceptors (Lipinski definition) is 3. The number of carboxylic acid groups (broad SMARTS) is 1. The van der Waals surface area contributed by atoms with Gasteiger partial charge < -0.3 is 14.6 Å². The summed E-state index contributed by atoms with van der Waals surface area (Å²) in [6.07, 6.45) is -0.0274. The molecule has 0 unspecified atom stereocenters. The van der Waals surface area contributed by atoms with Gasteiger partial charge in [0.05, 0.1) is 10.4 Å². The highest BCUT2D eigenvalue weighted by molar-refractivity contribution is 6.31. The number of aliphatic carboxylic acids is 1. The van der Waals surface area contributed by atoms with E-state index in [-0.39, 0.29) is 29.5 Å². The van der Waals surface area contributed by atoms with Crippen LogP contribution in [0.3, 0.4) is 0 Å². The SMILES string of the molecule is CC(C)(Cc1c(F)c(Cl)cc2c1OCO2)C(=O)O. The molecule has 1 aromatic carbocycles. The van der Waals surface area contributed by atoms with Crippen molar-refractivity contribution in [2.24, 2.45) is 5.41 Å². The van der Waals surface area contributed by atoms with Crippen molar-refractivity contribution < 1.29 is 23.8 Å². The number of rotatable bonds is 3. The summed E-state index contributed by atoms with van der Waals surface area (Å²) in [6, 6.07) is 1.33. The van der Waals surface area contributed by atoms with E-state index in [9.17, 15) is 9.18 Å². The first kappa shape index (κ1) is 13.0. The molecule has 1 aliphatic rings. The van der Waals surface area contributed by atoms with Crippen molar-refractivity contribution in [3.8, 4) is 11.5 Å². The van der Waals surface area contributed by atoms with Gasteiger partial charge in [0.25, 0.3) is 0 Å². The van der Waals surface area contributed by atoms with Gasteiger partial charge in [-0.15, -0.1) is 0 Å². The third kappa shape index (κ3) is 2.10. The van der Waals surface area contributed by atoms with Gasteiger partial charge in [-0.3, -0.25) is 4.79 Å². The predicted molar refractivity (Wildman–Crippen MR) is 62.7 cm³/mol. The van der Waals surface area contributed by atoms with Crippen molar-refractivity contribution in [2.75, 3.05) is 6.79 Å². The molecule has 0 amide bonds. The number of carboxylic acids is 1. The van der Waals surface area contributed by atoms with Gasteiger partial charge in [-0.2, -0.15) is 0 Å². The average Bonchev–Trinajstić information content (AvgIpc) is 2.72. The van der Waals surface area contributed by atoms with E-state index in [1.54, 1.807) is 0 Å². The van der Waals surface area contributed by atoms with Gasteiger partial charge in [-0.05, 0) is 20.3 Å². The van der Waals surface area contributed by atoms with Crippen molar-refractivity contribution in [2.45, 2.75) is 20.3 Å². The van der Waals surface area contributed by atoms with Crippen LogP contribution in [0.2, 0.25) is 5.02 Å². The van der Waals surface area contributed by atoms with Gasteiger partial charge in [-0.1, -0.05) is 11.6 Å². The van der Waals surface area contributed by atoms with Crippen LogP contribution in [0.1, 0.15) is 19.4 Å². The van der Waals surface area contributed by atoms with E-state index in [0.29, 0.717) is 5.75 Å². The topological polar surface area (TPSA) is 55.8 Å². The Labute approximate surface area is 108 Å². The first-order valence-electron chi connectivity index (χ1n) is 5.33. The Bertz CT molecular complexity index is 513. The van der Waals surface area contributed by atoms with Crippen LogP contribution in [0.25, 0.3) is 0 Å². The molecule has 98 valence electrons. The molecule has 0 radical (unpaired) electrons. The Morgan fingerprint density at radius 1 is 1.56 bits per heavy atom. The molecule has 6 heteroatoms. The molecule has 4 nitrogen and oxygen atoms in total. The van der Waals surface area contributed by atoms with Gasteiger partial charge in [0.15, 0.2) is 11.5 Å². The minimum absolute atomic E-state index is 0.0182. The van der Waals surface area contributed by atoms with Gasteiger partial charge in [0, 0.05) is 11.6 Å². The fraction of sp³-hybridized carbons (Fsp3) is 0.417. The lowest BCUT2D eigenvalue weighted by molar-refractivity contribution is -0.146. The molecule has 0 fully saturated rings. The lowest BCUT2D eigenvalue weighted by Gasteiger charge is -2.20. The standard InChI is InChI=1S/C12H12ClFO4/c1-12(2,11(15)16)4-6-9(14)7(13)3-8-10(6)18-5-17-8/h3H,4-5H2,1-2H3,(H,15,16). The van der Waals surface area contributed by atoms with E-state index < -0.39 is 17.2 Å². The first-order chi connectivity index (χ1) is 8.33. The Morgan fingerprint density at radius 2 is 2.22 bits per heavy atom. The van der Waals surface area contributed by atoms with Crippen molar-refractivity contribution in [1.29, 1.82) is 0 Å². The van der Waals surface area contributed by atoms with Crippen LogP contribution in [-0.2, 0) is 11.2 Å². The van der Waals surface area contributed by atoms with Gasteiger partial charge in [0.2, 0.25) is 6.79 Å². The number of ether oxygens (including phenoxy) is 2. The Balaban J connectivity index is 2.48. The van der Waals surface area contributed by atoms with Crippen LogP contribution in [0.15, 0.2) is 6.07 Å². The smallest absolute Gasteiger partial charge is 0.309 e. The maximum atomic E-state index is 14.0. The second-order valence-electron chi connectivity index (χ2n) is 4.75. The van der Waals surface area contributed by atoms with E-state index in [0.717, 1.165) is 0 Å². The molecule has 0 saturated carbocycles. The molecule has 1 N–H and O–H groups in total. The molecule has 1 aliphatic heterocycles. The Morgan fingerprint density at radius 3 is 2.83 bits per heavy atom. The monoisotopic (exact) mass is 274 g/mol. The van der Waals surface area contributed by atoms with Gasteiger partial charge in [-0.25, -0.2) is 4.39 Å². The highest BCUT2D eigenvalue weighted by Gasteiger charge is 2.33. The molecule has 1 aromatic rings. The Kier molecular flexibility index (Phi) is 3.11. The number of hydrogen-bond donors (Lipinski definition) is 1. The Hall–Kier alpha value is -1.49. The minimum Gasteiger partial charge on any atom is -0.481 e.